The van der Waals surface area contributed by atoms with E-state index >= 15 is 0 Å². The van der Waals surface area contributed by atoms with Gasteiger partial charge in [0.1, 0.15) is 11.0 Å². The van der Waals surface area contributed by atoms with E-state index in [0.717, 1.165) is 33.8 Å². The Labute approximate surface area is 237 Å². The van der Waals surface area contributed by atoms with Gasteiger partial charge in [-0.1, -0.05) is 83.9 Å². The van der Waals surface area contributed by atoms with Crippen LogP contribution in [0.2, 0.25) is 5.02 Å². The van der Waals surface area contributed by atoms with Crippen molar-refractivity contribution >= 4 is 50.5 Å². The fourth-order valence-corrected chi connectivity index (χ4v) is 5.22. The topological polar surface area (TPSA) is 34.0 Å². The zero-order chi connectivity index (χ0) is 27.1. The Kier molecular flexibility index (Phi) is 6.03. The molecule has 0 aliphatic carbocycles. The van der Waals surface area contributed by atoms with E-state index in [4.69, 9.17) is 11.6 Å². The highest BCUT2D eigenvalue weighted by Gasteiger charge is 2.14. The van der Waals surface area contributed by atoms with Gasteiger partial charge in [0.2, 0.25) is 0 Å². The summed E-state index contributed by atoms with van der Waals surface area (Å²) in [4.78, 5) is 3.93. The van der Waals surface area contributed by atoms with Crippen molar-refractivity contribution in [2.75, 3.05) is 4.90 Å². The molecule has 0 spiro atoms. The van der Waals surface area contributed by atoms with Gasteiger partial charge in [-0.3, -0.25) is 0 Å². The highest BCUT2D eigenvalue weighted by Crippen LogP contribution is 2.37. The molecule has 192 valence electrons. The van der Waals surface area contributed by atoms with Gasteiger partial charge < -0.3 is 4.90 Å². The first-order chi connectivity index (χ1) is 19.6. The molecule has 5 heteroatoms. The van der Waals surface area contributed by atoms with E-state index in [1.807, 2.05) is 30.3 Å². The molecule has 0 unspecified atom stereocenters. The van der Waals surface area contributed by atoms with Crippen molar-refractivity contribution < 1.29 is 0 Å². The van der Waals surface area contributed by atoms with Gasteiger partial charge >= 0.3 is 0 Å². The molecule has 7 rings (SSSR count). The number of fused-ring (bicyclic) bond motifs is 2. The molecule has 0 fully saturated rings. The van der Waals surface area contributed by atoms with Crippen LogP contribution in [-0.2, 0) is 0 Å². The number of nitrogens with zero attached hydrogens (tertiary/aromatic N) is 4. The van der Waals surface area contributed by atoms with Gasteiger partial charge in [-0.25, -0.2) is 0 Å². The Morgan fingerprint density at radius 2 is 1.15 bits per heavy atom. The Hall–Kier alpha value is -4.93. The second kappa shape index (κ2) is 9.99. The number of aryl methyl sites for hydroxylation is 1. The first kappa shape index (κ1) is 24.1. The lowest BCUT2D eigenvalue weighted by Gasteiger charge is -2.26. The smallest absolute Gasteiger partial charge is 0.115 e. The first-order valence-corrected chi connectivity index (χ1v) is 13.6. The maximum absolute atomic E-state index is 6.15. The lowest BCUT2D eigenvalue weighted by molar-refractivity contribution is 0.766. The molecule has 0 saturated heterocycles. The Balaban J connectivity index is 1.29. The number of rotatable bonds is 5. The standard InChI is InChI=1S/C35H25ClN4/c1-24-6-8-26(9-7-24)27-10-14-30(15-11-27)39(33-16-12-25-4-2-3-5-28(25)22-33)31-17-19-32(20-18-31)40-37-34-21-13-29(36)23-35(34)38-40/h2-23H,1H3. The van der Waals surface area contributed by atoms with Gasteiger partial charge in [0.15, 0.2) is 0 Å². The minimum atomic E-state index is 0.648. The highest BCUT2D eigenvalue weighted by molar-refractivity contribution is 6.31. The molecule has 0 radical (unpaired) electrons. The van der Waals surface area contributed by atoms with E-state index < -0.39 is 0 Å². The van der Waals surface area contributed by atoms with E-state index in [-0.39, 0.29) is 0 Å². The summed E-state index contributed by atoms with van der Waals surface area (Å²) in [7, 11) is 0. The van der Waals surface area contributed by atoms with Crippen LogP contribution in [0, 0.1) is 6.92 Å². The van der Waals surface area contributed by atoms with Gasteiger partial charge in [-0.05, 0) is 95.6 Å². The van der Waals surface area contributed by atoms with Crippen molar-refractivity contribution in [3.05, 3.63) is 144 Å². The second-order valence-electron chi connectivity index (χ2n) is 9.92. The molecule has 4 nitrogen and oxygen atoms in total. The van der Waals surface area contributed by atoms with E-state index in [9.17, 15) is 0 Å². The van der Waals surface area contributed by atoms with Crippen LogP contribution < -0.4 is 4.90 Å². The van der Waals surface area contributed by atoms with Crippen LogP contribution in [0.4, 0.5) is 17.1 Å². The first-order valence-electron chi connectivity index (χ1n) is 13.2. The summed E-state index contributed by atoms with van der Waals surface area (Å²) in [6.45, 7) is 2.11. The lowest BCUT2D eigenvalue weighted by atomic mass is 10.0. The summed E-state index contributed by atoms with van der Waals surface area (Å²) in [5, 5.41) is 12.3. The molecule has 0 N–H and O–H groups in total. The Bertz CT molecular complexity index is 1960. The number of halogens is 1. The molecule has 0 amide bonds. The van der Waals surface area contributed by atoms with Crippen molar-refractivity contribution in [2.24, 2.45) is 0 Å². The van der Waals surface area contributed by atoms with E-state index in [0.29, 0.717) is 5.02 Å². The maximum atomic E-state index is 6.15. The lowest BCUT2D eigenvalue weighted by Crippen LogP contribution is -2.10. The zero-order valence-electron chi connectivity index (χ0n) is 21.9. The molecule has 40 heavy (non-hydrogen) atoms. The van der Waals surface area contributed by atoms with Crippen molar-refractivity contribution in [3.63, 3.8) is 0 Å². The SMILES string of the molecule is Cc1ccc(-c2ccc(N(c3ccc(-n4nc5ccc(Cl)cc5n4)cc3)c3ccc4ccccc4c3)cc2)cc1. The van der Waals surface area contributed by atoms with Crippen LogP contribution in [0.25, 0.3) is 38.6 Å². The zero-order valence-corrected chi connectivity index (χ0v) is 22.6. The number of benzene rings is 6. The summed E-state index contributed by atoms with van der Waals surface area (Å²) in [5.74, 6) is 0. The van der Waals surface area contributed by atoms with Gasteiger partial charge in [0, 0.05) is 22.1 Å². The predicted molar refractivity (Wildman–Crippen MR) is 166 cm³/mol. The van der Waals surface area contributed by atoms with E-state index in [1.54, 1.807) is 4.80 Å². The van der Waals surface area contributed by atoms with Crippen LogP contribution in [-0.4, -0.2) is 15.0 Å². The summed E-state index contributed by atoms with van der Waals surface area (Å²) >= 11 is 6.15. The van der Waals surface area contributed by atoms with Gasteiger partial charge in [-0.15, -0.1) is 10.2 Å². The van der Waals surface area contributed by atoms with Crippen molar-refractivity contribution in [1.29, 1.82) is 0 Å². The third kappa shape index (κ3) is 4.59. The molecular formula is C35H25ClN4. The largest absolute Gasteiger partial charge is 0.310 e. The highest BCUT2D eigenvalue weighted by atomic mass is 35.5. The monoisotopic (exact) mass is 536 g/mol. The van der Waals surface area contributed by atoms with Gasteiger partial charge in [0.05, 0.1) is 5.69 Å². The summed E-state index contributed by atoms with van der Waals surface area (Å²) < 4.78 is 0. The minimum absolute atomic E-state index is 0.648. The van der Waals surface area contributed by atoms with E-state index in [2.05, 4.69) is 125 Å². The number of hydrogen-bond donors (Lipinski definition) is 0. The molecule has 7 aromatic rings. The van der Waals surface area contributed by atoms with Crippen LogP contribution >= 0.6 is 11.6 Å². The molecule has 0 atom stereocenters. The van der Waals surface area contributed by atoms with Crippen molar-refractivity contribution in [3.8, 4) is 16.8 Å². The van der Waals surface area contributed by atoms with Gasteiger partial charge in [0.25, 0.3) is 0 Å². The molecule has 6 aromatic carbocycles. The summed E-state index contributed by atoms with van der Waals surface area (Å²) in [6.07, 6.45) is 0. The molecule has 1 aromatic heterocycles. The average Bonchev–Trinajstić information content (AvgIpc) is 3.42. The maximum Gasteiger partial charge on any atom is 0.115 e. The quantitative estimate of drug-likeness (QED) is 0.219. The van der Waals surface area contributed by atoms with Crippen molar-refractivity contribution in [2.45, 2.75) is 6.92 Å². The second-order valence-corrected chi connectivity index (χ2v) is 10.4. The average molecular weight is 537 g/mol. The van der Waals surface area contributed by atoms with Crippen molar-refractivity contribution in [1.82, 2.24) is 15.0 Å². The number of hydrogen-bond acceptors (Lipinski definition) is 3. The normalized spacial score (nSPS) is 11.2. The molecular weight excluding hydrogens is 512 g/mol. The van der Waals surface area contributed by atoms with Crippen LogP contribution in [0.1, 0.15) is 5.56 Å². The van der Waals surface area contributed by atoms with Crippen LogP contribution in [0.3, 0.4) is 0 Å². The molecule has 0 aliphatic heterocycles. The Morgan fingerprint density at radius 3 is 1.88 bits per heavy atom. The summed E-state index contributed by atoms with van der Waals surface area (Å²) in [5.41, 5.74) is 9.32. The molecule has 0 bridgehead atoms. The number of aromatic nitrogens is 3. The van der Waals surface area contributed by atoms with Crippen LogP contribution in [0.15, 0.2) is 133 Å². The fourth-order valence-electron chi connectivity index (χ4n) is 5.05. The minimum Gasteiger partial charge on any atom is -0.310 e. The van der Waals surface area contributed by atoms with Gasteiger partial charge in [-0.2, -0.15) is 4.80 Å². The molecule has 1 heterocycles. The summed E-state index contributed by atoms with van der Waals surface area (Å²) in [6, 6.07) is 46.3. The third-order valence-corrected chi connectivity index (χ3v) is 7.42. The Morgan fingerprint density at radius 1 is 0.550 bits per heavy atom. The predicted octanol–water partition coefficient (Wildman–Crippen LogP) is 9.67. The fraction of sp³-hybridized carbons (Fsp3) is 0.0286. The molecule has 0 aliphatic rings. The van der Waals surface area contributed by atoms with E-state index in [1.165, 1.54) is 27.5 Å². The molecule has 0 saturated carbocycles. The third-order valence-electron chi connectivity index (χ3n) is 7.18. The number of anilines is 3. The van der Waals surface area contributed by atoms with Crippen LogP contribution in [0.5, 0.6) is 0 Å².